The monoisotopic (exact) mass is 454 g/mol. The summed E-state index contributed by atoms with van der Waals surface area (Å²) in [5.74, 6) is 0.742. The maximum atomic E-state index is 12.7. The van der Waals surface area contributed by atoms with Gasteiger partial charge in [0, 0.05) is 56.7 Å². The lowest BCUT2D eigenvalue weighted by Crippen LogP contribution is -2.40. The lowest BCUT2D eigenvalue weighted by atomic mass is 10.1. The van der Waals surface area contributed by atoms with Gasteiger partial charge in [0.1, 0.15) is 17.5 Å². The molecule has 3 aromatic rings. The molecule has 8 nitrogen and oxygen atoms in total. The number of carbonyl (C=O) groups is 2. The van der Waals surface area contributed by atoms with E-state index in [2.05, 4.69) is 15.3 Å². The number of oxazole rings is 1. The average molecular weight is 455 g/mol. The molecule has 1 saturated heterocycles. The van der Waals surface area contributed by atoms with Crippen LogP contribution >= 0.6 is 11.6 Å². The van der Waals surface area contributed by atoms with Gasteiger partial charge in [0.2, 0.25) is 5.91 Å². The third-order valence-corrected chi connectivity index (χ3v) is 5.60. The van der Waals surface area contributed by atoms with Crippen LogP contribution in [0.3, 0.4) is 0 Å². The molecule has 0 spiro atoms. The number of nitrogens with zero attached hydrogens (tertiary/aromatic N) is 3. The fourth-order valence-corrected chi connectivity index (χ4v) is 3.66. The van der Waals surface area contributed by atoms with Crippen LogP contribution in [0.1, 0.15) is 35.8 Å². The molecule has 1 fully saturated rings. The van der Waals surface area contributed by atoms with Crippen molar-refractivity contribution >= 4 is 23.4 Å². The van der Waals surface area contributed by atoms with Crippen molar-refractivity contribution < 1.29 is 18.7 Å². The molecule has 0 unspecified atom stereocenters. The Balaban J connectivity index is 1.50. The minimum absolute atomic E-state index is 0.0642. The smallest absolute Gasteiger partial charge is 0.270 e. The molecule has 0 bridgehead atoms. The van der Waals surface area contributed by atoms with Crippen molar-refractivity contribution in [1.29, 1.82) is 0 Å². The second-order valence-corrected chi connectivity index (χ2v) is 8.00. The maximum absolute atomic E-state index is 12.7. The number of carbonyl (C=O) groups excluding carboxylic acids is 2. The molecule has 3 heterocycles. The minimum atomic E-state index is -0.319. The van der Waals surface area contributed by atoms with E-state index in [9.17, 15) is 9.59 Å². The maximum Gasteiger partial charge on any atom is 0.270 e. The third kappa shape index (κ3) is 5.26. The summed E-state index contributed by atoms with van der Waals surface area (Å²) >= 11 is 5.91. The van der Waals surface area contributed by atoms with Gasteiger partial charge in [0.05, 0.1) is 11.8 Å². The molecule has 166 valence electrons. The van der Waals surface area contributed by atoms with Crippen LogP contribution in [-0.4, -0.2) is 45.9 Å². The molecule has 1 aliphatic heterocycles. The highest BCUT2D eigenvalue weighted by molar-refractivity contribution is 6.30. The Morgan fingerprint density at radius 2 is 1.97 bits per heavy atom. The predicted octanol–water partition coefficient (Wildman–Crippen LogP) is 3.71. The molecule has 1 N–H and O–H groups in total. The predicted molar refractivity (Wildman–Crippen MR) is 118 cm³/mol. The molecule has 32 heavy (non-hydrogen) atoms. The second-order valence-electron chi connectivity index (χ2n) is 7.56. The van der Waals surface area contributed by atoms with Crippen molar-refractivity contribution in [2.24, 2.45) is 0 Å². The van der Waals surface area contributed by atoms with E-state index in [4.69, 9.17) is 20.8 Å². The van der Waals surface area contributed by atoms with Gasteiger partial charge in [-0.1, -0.05) is 23.7 Å². The number of benzene rings is 1. The van der Waals surface area contributed by atoms with Crippen LogP contribution in [-0.2, 0) is 11.3 Å². The molecular formula is C23H23ClN4O4. The molecule has 2 amide bonds. The van der Waals surface area contributed by atoms with E-state index >= 15 is 0 Å². The lowest BCUT2D eigenvalue weighted by Gasteiger charge is -2.31. The zero-order chi connectivity index (χ0) is 22.5. The van der Waals surface area contributed by atoms with Gasteiger partial charge in [-0.25, -0.2) is 4.98 Å². The van der Waals surface area contributed by atoms with Gasteiger partial charge in [-0.15, -0.1) is 0 Å². The van der Waals surface area contributed by atoms with Crippen LogP contribution in [0, 0.1) is 0 Å². The van der Waals surface area contributed by atoms with Gasteiger partial charge in [0.25, 0.3) is 5.91 Å². The molecule has 1 aliphatic rings. The summed E-state index contributed by atoms with van der Waals surface area (Å²) < 4.78 is 11.7. The number of hydrogen-bond acceptors (Lipinski definition) is 6. The van der Waals surface area contributed by atoms with E-state index in [-0.39, 0.29) is 23.6 Å². The highest BCUT2D eigenvalue weighted by atomic mass is 35.5. The number of rotatable bonds is 6. The molecule has 4 rings (SSSR count). The van der Waals surface area contributed by atoms with Gasteiger partial charge in [-0.05, 0) is 17.7 Å². The molecule has 0 saturated carbocycles. The van der Waals surface area contributed by atoms with Crippen molar-refractivity contribution in [2.45, 2.75) is 32.4 Å². The van der Waals surface area contributed by atoms with Gasteiger partial charge in [-0.3, -0.25) is 14.6 Å². The standard InChI is InChI=1S/C23H23ClN4O4/c1-15(29)28-8-6-18(7-9-28)32-21-10-20(26-12-19(21)22-13-25-14-31-22)23(30)27-11-16-2-4-17(24)5-3-16/h2-5,10,12-14,18H,6-9,11H2,1H3,(H,27,30). The Labute approximate surface area is 190 Å². The Kier molecular flexibility index (Phi) is 6.70. The first kappa shape index (κ1) is 21.8. The molecule has 9 heteroatoms. The fourth-order valence-electron chi connectivity index (χ4n) is 3.54. The molecule has 0 radical (unpaired) electrons. The summed E-state index contributed by atoms with van der Waals surface area (Å²) in [6, 6.07) is 8.87. The topological polar surface area (TPSA) is 97.6 Å². The Hall–Kier alpha value is -3.39. The van der Waals surface area contributed by atoms with Crippen molar-refractivity contribution in [3.63, 3.8) is 0 Å². The van der Waals surface area contributed by atoms with E-state index in [1.807, 2.05) is 12.1 Å². The zero-order valence-corrected chi connectivity index (χ0v) is 18.3. The molecule has 0 atom stereocenters. The zero-order valence-electron chi connectivity index (χ0n) is 17.6. The van der Waals surface area contributed by atoms with E-state index in [1.54, 1.807) is 42.4 Å². The number of nitrogens with one attached hydrogen (secondary N) is 1. The number of pyridine rings is 1. The Morgan fingerprint density at radius 1 is 1.22 bits per heavy atom. The van der Waals surface area contributed by atoms with Crippen LogP contribution in [0.2, 0.25) is 5.02 Å². The largest absolute Gasteiger partial charge is 0.489 e. The first-order valence-electron chi connectivity index (χ1n) is 10.3. The fraction of sp³-hybridized carbons (Fsp3) is 0.304. The van der Waals surface area contributed by atoms with Crippen molar-refractivity contribution in [3.05, 3.63) is 65.4 Å². The average Bonchev–Trinajstić information content (AvgIpc) is 3.33. The van der Waals surface area contributed by atoms with Gasteiger partial charge < -0.3 is 19.4 Å². The molecular weight excluding hydrogens is 432 g/mol. The van der Waals surface area contributed by atoms with E-state index in [0.717, 1.165) is 5.56 Å². The molecule has 0 aliphatic carbocycles. The quantitative estimate of drug-likeness (QED) is 0.609. The van der Waals surface area contributed by atoms with Gasteiger partial charge in [0.15, 0.2) is 12.2 Å². The van der Waals surface area contributed by atoms with Crippen LogP contribution in [0.15, 0.2) is 53.5 Å². The number of halogens is 1. The highest BCUT2D eigenvalue weighted by Gasteiger charge is 2.24. The van der Waals surface area contributed by atoms with E-state index in [0.29, 0.717) is 54.6 Å². The van der Waals surface area contributed by atoms with Crippen molar-refractivity contribution in [2.75, 3.05) is 13.1 Å². The summed E-state index contributed by atoms with van der Waals surface area (Å²) in [5.41, 5.74) is 1.78. The number of ether oxygens (including phenoxy) is 1. The summed E-state index contributed by atoms with van der Waals surface area (Å²) in [6.45, 7) is 3.19. The minimum Gasteiger partial charge on any atom is -0.489 e. The number of aromatic nitrogens is 2. The van der Waals surface area contributed by atoms with Crippen LogP contribution in [0.5, 0.6) is 5.75 Å². The summed E-state index contributed by atoms with van der Waals surface area (Å²) in [4.78, 5) is 34.4. The first-order chi connectivity index (χ1) is 15.5. The number of piperidine rings is 1. The number of amides is 2. The van der Waals surface area contributed by atoms with Crippen LogP contribution in [0.25, 0.3) is 11.3 Å². The van der Waals surface area contributed by atoms with E-state index in [1.165, 1.54) is 6.39 Å². The SMILES string of the molecule is CC(=O)N1CCC(Oc2cc(C(=O)NCc3ccc(Cl)cc3)ncc2-c2cnco2)CC1. The summed E-state index contributed by atoms with van der Waals surface area (Å²) in [5, 5.41) is 3.50. The van der Waals surface area contributed by atoms with Crippen LogP contribution in [0.4, 0.5) is 0 Å². The second kappa shape index (κ2) is 9.82. The number of likely N-dealkylation sites (tertiary alicyclic amines) is 1. The van der Waals surface area contributed by atoms with Gasteiger partial charge in [-0.2, -0.15) is 0 Å². The first-order valence-corrected chi connectivity index (χ1v) is 10.7. The molecule has 2 aromatic heterocycles. The van der Waals surface area contributed by atoms with Gasteiger partial charge >= 0.3 is 0 Å². The van der Waals surface area contributed by atoms with Crippen LogP contribution < -0.4 is 10.1 Å². The normalized spacial score (nSPS) is 14.2. The molecule has 1 aromatic carbocycles. The lowest BCUT2D eigenvalue weighted by molar-refractivity contribution is -0.130. The Bertz CT molecular complexity index is 1080. The van der Waals surface area contributed by atoms with Crippen molar-refractivity contribution in [3.8, 4) is 17.1 Å². The van der Waals surface area contributed by atoms with Crippen molar-refractivity contribution in [1.82, 2.24) is 20.2 Å². The summed E-state index contributed by atoms with van der Waals surface area (Å²) in [7, 11) is 0. The summed E-state index contributed by atoms with van der Waals surface area (Å²) in [6.07, 6.45) is 5.78. The number of hydrogen-bond donors (Lipinski definition) is 1. The Morgan fingerprint density at radius 3 is 2.62 bits per heavy atom. The third-order valence-electron chi connectivity index (χ3n) is 5.34. The highest BCUT2D eigenvalue weighted by Crippen LogP contribution is 2.32. The van der Waals surface area contributed by atoms with E-state index < -0.39 is 0 Å².